The van der Waals surface area contributed by atoms with Crippen LogP contribution in [0.25, 0.3) is 16.7 Å². The van der Waals surface area contributed by atoms with Gasteiger partial charge in [0.1, 0.15) is 0 Å². The van der Waals surface area contributed by atoms with Gasteiger partial charge in [0.15, 0.2) is 5.16 Å². The van der Waals surface area contributed by atoms with Gasteiger partial charge in [-0.05, 0) is 55.5 Å². The lowest BCUT2D eigenvalue weighted by Gasteiger charge is -2.14. The summed E-state index contributed by atoms with van der Waals surface area (Å²) in [6, 6.07) is 25.0. The summed E-state index contributed by atoms with van der Waals surface area (Å²) in [5.41, 5.74) is 4.24. The number of imidazole rings is 1. The summed E-state index contributed by atoms with van der Waals surface area (Å²) in [5.74, 6) is -0.257. The van der Waals surface area contributed by atoms with Gasteiger partial charge < -0.3 is 10.6 Å². The van der Waals surface area contributed by atoms with E-state index in [4.69, 9.17) is 4.98 Å². The maximum absolute atomic E-state index is 12.8. The number of nitrogens with one attached hydrogen (secondary N) is 2. The number of thioether (sulfide) groups is 1. The molecule has 156 valence electrons. The van der Waals surface area contributed by atoms with Gasteiger partial charge in [0.2, 0.25) is 11.8 Å². The average Bonchev–Trinajstić information content (AvgIpc) is 3.13. The Morgan fingerprint density at radius 2 is 1.48 bits per heavy atom. The van der Waals surface area contributed by atoms with Gasteiger partial charge in [-0.25, -0.2) is 4.98 Å². The van der Waals surface area contributed by atoms with Gasteiger partial charge in [0, 0.05) is 24.0 Å². The molecule has 1 unspecified atom stereocenters. The van der Waals surface area contributed by atoms with Gasteiger partial charge in [-0.3, -0.25) is 14.2 Å². The molecule has 4 aromatic rings. The first-order chi connectivity index (χ1) is 15.0. The lowest BCUT2D eigenvalue weighted by molar-refractivity contribution is -0.115. The third-order valence-electron chi connectivity index (χ3n) is 4.67. The molecule has 1 atom stereocenters. The van der Waals surface area contributed by atoms with Crippen molar-refractivity contribution in [3.8, 4) is 5.69 Å². The molecule has 0 aliphatic rings. The van der Waals surface area contributed by atoms with Crippen LogP contribution in [0.3, 0.4) is 0 Å². The van der Waals surface area contributed by atoms with E-state index in [1.165, 1.54) is 18.7 Å². The highest BCUT2D eigenvalue weighted by molar-refractivity contribution is 8.00. The van der Waals surface area contributed by atoms with Crippen molar-refractivity contribution in [3.05, 3.63) is 78.9 Å². The highest BCUT2D eigenvalue weighted by Crippen LogP contribution is 2.30. The second-order valence-electron chi connectivity index (χ2n) is 7.06. The normalized spacial score (nSPS) is 11.8. The number of aromatic nitrogens is 2. The Bertz CT molecular complexity index is 1220. The summed E-state index contributed by atoms with van der Waals surface area (Å²) >= 11 is 1.41. The molecule has 3 aromatic carbocycles. The molecule has 0 radical (unpaired) electrons. The number of fused-ring (bicyclic) bond motifs is 1. The van der Waals surface area contributed by atoms with Crippen LogP contribution in [0.4, 0.5) is 11.4 Å². The number of hydrogen-bond donors (Lipinski definition) is 2. The molecule has 2 amide bonds. The van der Waals surface area contributed by atoms with Crippen LogP contribution in [0.15, 0.2) is 84.0 Å². The molecule has 0 fully saturated rings. The monoisotopic (exact) mass is 430 g/mol. The summed E-state index contributed by atoms with van der Waals surface area (Å²) in [4.78, 5) is 28.7. The van der Waals surface area contributed by atoms with Crippen molar-refractivity contribution in [2.24, 2.45) is 0 Å². The Balaban J connectivity index is 1.54. The van der Waals surface area contributed by atoms with E-state index >= 15 is 0 Å². The fourth-order valence-electron chi connectivity index (χ4n) is 3.21. The molecule has 0 saturated carbocycles. The second-order valence-corrected chi connectivity index (χ2v) is 8.37. The summed E-state index contributed by atoms with van der Waals surface area (Å²) < 4.78 is 2.08. The van der Waals surface area contributed by atoms with Gasteiger partial charge in [-0.1, -0.05) is 42.1 Å². The third-order valence-corrected chi connectivity index (χ3v) is 5.72. The van der Waals surface area contributed by atoms with Crippen LogP contribution in [0.5, 0.6) is 0 Å². The summed E-state index contributed by atoms with van der Waals surface area (Å²) in [5, 5.41) is 6.03. The molecular formula is C24H22N4O2S. The van der Waals surface area contributed by atoms with E-state index in [1.807, 2.05) is 61.5 Å². The van der Waals surface area contributed by atoms with Gasteiger partial charge in [0.25, 0.3) is 0 Å². The second kappa shape index (κ2) is 9.06. The zero-order valence-corrected chi connectivity index (χ0v) is 18.0. The van der Waals surface area contributed by atoms with Crippen LogP contribution >= 0.6 is 11.8 Å². The topological polar surface area (TPSA) is 76.0 Å². The van der Waals surface area contributed by atoms with Crippen LogP contribution in [0.2, 0.25) is 0 Å². The first-order valence-corrected chi connectivity index (χ1v) is 10.8. The number of amides is 2. The van der Waals surface area contributed by atoms with Crippen LogP contribution < -0.4 is 10.6 Å². The number of nitrogens with zero attached hydrogens (tertiary/aromatic N) is 2. The molecule has 0 aliphatic carbocycles. The number of anilines is 2. The number of carbonyl (C=O) groups excluding carboxylic acids is 2. The average molecular weight is 431 g/mol. The minimum absolute atomic E-state index is 0.121. The molecule has 0 saturated heterocycles. The highest BCUT2D eigenvalue weighted by Gasteiger charge is 2.20. The Morgan fingerprint density at radius 1 is 0.871 bits per heavy atom. The van der Waals surface area contributed by atoms with E-state index in [-0.39, 0.29) is 17.1 Å². The number of hydrogen-bond acceptors (Lipinski definition) is 4. The fourth-order valence-corrected chi connectivity index (χ4v) is 4.15. The van der Waals surface area contributed by atoms with E-state index in [9.17, 15) is 9.59 Å². The first kappa shape index (κ1) is 20.7. The molecule has 1 heterocycles. The molecule has 6 nitrogen and oxygen atoms in total. The molecule has 0 bridgehead atoms. The smallest absolute Gasteiger partial charge is 0.237 e. The summed E-state index contributed by atoms with van der Waals surface area (Å²) in [6.07, 6.45) is 0. The van der Waals surface area contributed by atoms with Crippen molar-refractivity contribution >= 4 is 46.0 Å². The van der Waals surface area contributed by atoms with E-state index in [1.54, 1.807) is 24.3 Å². The van der Waals surface area contributed by atoms with Gasteiger partial charge in [-0.2, -0.15) is 0 Å². The molecule has 1 aromatic heterocycles. The maximum Gasteiger partial charge on any atom is 0.237 e. The van der Waals surface area contributed by atoms with Crippen molar-refractivity contribution < 1.29 is 9.59 Å². The van der Waals surface area contributed by atoms with Crippen LogP contribution in [-0.2, 0) is 9.59 Å². The molecule has 7 heteroatoms. The summed E-state index contributed by atoms with van der Waals surface area (Å²) in [6.45, 7) is 3.32. The molecule has 31 heavy (non-hydrogen) atoms. The van der Waals surface area contributed by atoms with Crippen molar-refractivity contribution in [2.75, 3.05) is 10.6 Å². The molecular weight excluding hydrogens is 408 g/mol. The van der Waals surface area contributed by atoms with Crippen LogP contribution in [0, 0.1) is 0 Å². The van der Waals surface area contributed by atoms with Crippen molar-refractivity contribution in [2.45, 2.75) is 24.3 Å². The Labute approximate surface area is 184 Å². The van der Waals surface area contributed by atoms with Crippen LogP contribution in [-0.4, -0.2) is 26.6 Å². The largest absolute Gasteiger partial charge is 0.326 e. The fraction of sp³-hybridized carbons (Fsp3) is 0.125. The van der Waals surface area contributed by atoms with Crippen molar-refractivity contribution in [1.82, 2.24) is 9.55 Å². The lowest BCUT2D eigenvalue weighted by Crippen LogP contribution is -2.22. The minimum Gasteiger partial charge on any atom is -0.326 e. The SMILES string of the molecule is CC(=O)Nc1ccc(NC(=O)C(C)Sc2nc3ccccc3n2-c2ccccc2)cc1. The standard InChI is InChI=1S/C24H22N4O2S/c1-16(23(30)26-19-14-12-18(13-15-19)25-17(2)29)31-24-27-21-10-6-7-11-22(21)28(24)20-8-4-3-5-9-20/h3-16H,1-2H3,(H,25,29)(H,26,30). The zero-order chi connectivity index (χ0) is 21.8. The molecule has 4 rings (SSSR count). The predicted molar refractivity (Wildman–Crippen MR) is 126 cm³/mol. The van der Waals surface area contributed by atoms with Crippen LogP contribution in [0.1, 0.15) is 13.8 Å². The maximum atomic E-state index is 12.8. The third kappa shape index (κ3) is 4.78. The first-order valence-electron chi connectivity index (χ1n) is 9.89. The van der Waals surface area contributed by atoms with Crippen molar-refractivity contribution in [3.63, 3.8) is 0 Å². The highest BCUT2D eigenvalue weighted by atomic mass is 32.2. The molecule has 0 spiro atoms. The zero-order valence-electron chi connectivity index (χ0n) is 17.2. The lowest BCUT2D eigenvalue weighted by atomic mass is 10.2. The van der Waals surface area contributed by atoms with E-state index in [0.717, 1.165) is 21.9 Å². The van der Waals surface area contributed by atoms with Gasteiger partial charge in [0.05, 0.1) is 16.3 Å². The van der Waals surface area contributed by atoms with E-state index in [0.29, 0.717) is 11.4 Å². The quantitative estimate of drug-likeness (QED) is 0.417. The number of para-hydroxylation sites is 3. The molecule has 2 N–H and O–H groups in total. The predicted octanol–water partition coefficient (Wildman–Crippen LogP) is 5.10. The van der Waals surface area contributed by atoms with Crippen molar-refractivity contribution in [1.29, 1.82) is 0 Å². The molecule has 0 aliphatic heterocycles. The summed E-state index contributed by atoms with van der Waals surface area (Å²) in [7, 11) is 0. The van der Waals surface area contributed by atoms with Gasteiger partial charge in [-0.15, -0.1) is 0 Å². The van der Waals surface area contributed by atoms with Gasteiger partial charge >= 0.3 is 0 Å². The Hall–Kier alpha value is -3.58. The number of benzene rings is 3. The number of carbonyl (C=O) groups is 2. The Kier molecular flexibility index (Phi) is 6.04. The van der Waals surface area contributed by atoms with E-state index in [2.05, 4.69) is 15.2 Å². The Morgan fingerprint density at radius 3 is 2.16 bits per heavy atom. The number of rotatable bonds is 6. The van der Waals surface area contributed by atoms with E-state index < -0.39 is 0 Å². The minimum atomic E-state index is -0.366.